The fourth-order valence-corrected chi connectivity index (χ4v) is 1.96. The second-order valence-corrected chi connectivity index (χ2v) is 6.11. The molecule has 0 aliphatic carbocycles. The van der Waals surface area contributed by atoms with E-state index in [2.05, 4.69) is 4.98 Å². The van der Waals surface area contributed by atoms with Crippen molar-refractivity contribution in [3.05, 3.63) is 29.2 Å². The van der Waals surface area contributed by atoms with Crippen molar-refractivity contribution in [2.75, 3.05) is 12.3 Å². The summed E-state index contributed by atoms with van der Waals surface area (Å²) in [5, 5.41) is 9.56. The predicted molar refractivity (Wildman–Crippen MR) is 79.8 cm³/mol. The number of nitrogens with zero attached hydrogens (tertiary/aromatic N) is 1. The summed E-state index contributed by atoms with van der Waals surface area (Å²) in [6.45, 7) is 7.48. The van der Waals surface area contributed by atoms with Crippen LogP contribution in [0.25, 0.3) is 6.08 Å². The van der Waals surface area contributed by atoms with Gasteiger partial charge in [-0.05, 0) is 44.8 Å². The van der Waals surface area contributed by atoms with Crippen molar-refractivity contribution in [2.45, 2.75) is 38.9 Å². The highest BCUT2D eigenvalue weighted by molar-refractivity contribution is 6.55. The molecule has 1 aliphatic rings. The number of aromatic nitrogens is 1. The van der Waals surface area contributed by atoms with Gasteiger partial charge in [-0.15, -0.1) is 0 Å². The molecule has 1 aromatic rings. The molecule has 0 atom stereocenters. The standard InChI is InChI=1S/C14H20BFN2O3/c1-13(2)14(3,4)21-15(20-13)10(8-19)5-9-6-11(17)12(16)18-7-9/h5-7,19H,8,17H2,1-4H3. The van der Waals surface area contributed by atoms with Crippen LogP contribution >= 0.6 is 0 Å². The Kier molecular flexibility index (Phi) is 4.10. The lowest BCUT2D eigenvalue weighted by molar-refractivity contribution is 0.00578. The second kappa shape index (κ2) is 5.40. The van der Waals surface area contributed by atoms with Crippen LogP contribution in [0.15, 0.2) is 17.7 Å². The average molecular weight is 294 g/mol. The number of nitrogen functional groups attached to an aromatic ring is 1. The summed E-state index contributed by atoms with van der Waals surface area (Å²) in [6.07, 6.45) is 2.98. The number of nitrogens with two attached hydrogens (primary N) is 1. The van der Waals surface area contributed by atoms with Crippen molar-refractivity contribution < 1.29 is 18.8 Å². The fourth-order valence-electron chi connectivity index (χ4n) is 1.96. The summed E-state index contributed by atoms with van der Waals surface area (Å²) in [5.74, 6) is -0.715. The van der Waals surface area contributed by atoms with Crippen molar-refractivity contribution in [2.24, 2.45) is 0 Å². The topological polar surface area (TPSA) is 77.6 Å². The first-order valence-corrected chi connectivity index (χ1v) is 6.74. The van der Waals surface area contributed by atoms with E-state index < -0.39 is 24.3 Å². The van der Waals surface area contributed by atoms with Crippen molar-refractivity contribution in [3.8, 4) is 0 Å². The first-order chi connectivity index (χ1) is 9.66. The van der Waals surface area contributed by atoms with Crippen molar-refractivity contribution in [3.63, 3.8) is 0 Å². The molecule has 0 spiro atoms. The molecule has 3 N–H and O–H groups in total. The molecule has 1 fully saturated rings. The van der Waals surface area contributed by atoms with E-state index in [1.54, 1.807) is 6.08 Å². The number of aliphatic hydroxyl groups is 1. The molecule has 0 radical (unpaired) electrons. The summed E-state index contributed by atoms with van der Waals surface area (Å²) in [6, 6.07) is 1.45. The SMILES string of the molecule is CC1(C)OB(C(=Cc2cnc(F)c(N)c2)CO)OC1(C)C. The van der Waals surface area contributed by atoms with Gasteiger partial charge in [0, 0.05) is 6.20 Å². The minimum absolute atomic E-state index is 0.0463. The summed E-state index contributed by atoms with van der Waals surface area (Å²) < 4.78 is 24.8. The zero-order valence-corrected chi connectivity index (χ0v) is 12.7. The molecule has 2 rings (SSSR count). The quantitative estimate of drug-likeness (QED) is 0.656. The number of aliphatic hydroxyl groups excluding tert-OH is 1. The van der Waals surface area contributed by atoms with Crippen LogP contribution in [0.1, 0.15) is 33.3 Å². The molecule has 5 nitrogen and oxygen atoms in total. The summed E-state index contributed by atoms with van der Waals surface area (Å²) in [4.78, 5) is 3.55. The van der Waals surface area contributed by atoms with Gasteiger partial charge in [0.25, 0.3) is 0 Å². The third-order valence-corrected chi connectivity index (χ3v) is 3.98. The van der Waals surface area contributed by atoms with Crippen LogP contribution in [0, 0.1) is 5.95 Å². The lowest BCUT2D eigenvalue weighted by Gasteiger charge is -2.32. The molecular weight excluding hydrogens is 274 g/mol. The fraction of sp³-hybridized carbons (Fsp3) is 0.500. The van der Waals surface area contributed by atoms with E-state index >= 15 is 0 Å². The third-order valence-electron chi connectivity index (χ3n) is 3.98. The Bertz CT molecular complexity index is 559. The van der Waals surface area contributed by atoms with Gasteiger partial charge in [-0.2, -0.15) is 4.39 Å². The Hall–Kier alpha value is -1.44. The molecule has 1 aliphatic heterocycles. The van der Waals surface area contributed by atoms with Crippen LogP contribution in [0.2, 0.25) is 0 Å². The van der Waals surface area contributed by atoms with E-state index in [9.17, 15) is 9.50 Å². The zero-order valence-electron chi connectivity index (χ0n) is 12.7. The van der Waals surface area contributed by atoms with Crippen LogP contribution < -0.4 is 5.73 Å². The Balaban J connectivity index is 2.28. The van der Waals surface area contributed by atoms with Gasteiger partial charge < -0.3 is 20.1 Å². The molecule has 0 amide bonds. The van der Waals surface area contributed by atoms with Crippen LogP contribution in [0.4, 0.5) is 10.1 Å². The number of pyridine rings is 1. The van der Waals surface area contributed by atoms with E-state index in [0.29, 0.717) is 11.0 Å². The lowest BCUT2D eigenvalue weighted by atomic mass is 9.77. The highest BCUT2D eigenvalue weighted by atomic mass is 19.1. The van der Waals surface area contributed by atoms with Crippen LogP contribution in [0.3, 0.4) is 0 Å². The molecule has 0 bridgehead atoms. The van der Waals surface area contributed by atoms with Crippen molar-refractivity contribution in [1.82, 2.24) is 4.98 Å². The maximum absolute atomic E-state index is 13.1. The Labute approximate surface area is 124 Å². The molecule has 1 aromatic heterocycles. The van der Waals surface area contributed by atoms with E-state index in [-0.39, 0.29) is 12.3 Å². The highest BCUT2D eigenvalue weighted by Gasteiger charge is 2.52. The monoisotopic (exact) mass is 294 g/mol. The van der Waals surface area contributed by atoms with Crippen molar-refractivity contribution >= 4 is 18.9 Å². The third kappa shape index (κ3) is 3.10. The van der Waals surface area contributed by atoms with Crippen LogP contribution in [-0.2, 0) is 9.31 Å². The normalized spacial score (nSPS) is 20.9. The molecule has 21 heavy (non-hydrogen) atoms. The molecule has 114 valence electrons. The minimum atomic E-state index is -0.715. The highest BCUT2D eigenvalue weighted by Crippen LogP contribution is 2.38. The van der Waals surface area contributed by atoms with Gasteiger partial charge in [-0.25, -0.2) is 4.98 Å². The summed E-state index contributed by atoms with van der Waals surface area (Å²) in [7, 11) is -0.661. The van der Waals surface area contributed by atoms with Gasteiger partial charge in [0.2, 0.25) is 5.95 Å². The second-order valence-electron chi connectivity index (χ2n) is 6.11. The van der Waals surface area contributed by atoms with E-state index in [1.807, 2.05) is 27.7 Å². The number of anilines is 1. The van der Waals surface area contributed by atoms with Crippen molar-refractivity contribution in [1.29, 1.82) is 0 Å². The molecule has 2 heterocycles. The Morgan fingerprint density at radius 3 is 2.43 bits per heavy atom. The Morgan fingerprint density at radius 1 is 1.38 bits per heavy atom. The van der Waals surface area contributed by atoms with Crippen LogP contribution in [0.5, 0.6) is 0 Å². The van der Waals surface area contributed by atoms with Gasteiger partial charge in [0.1, 0.15) is 0 Å². The van der Waals surface area contributed by atoms with Gasteiger partial charge >= 0.3 is 7.12 Å². The maximum atomic E-state index is 13.1. The largest absolute Gasteiger partial charge is 0.492 e. The molecule has 0 saturated carbocycles. The summed E-state index contributed by atoms with van der Waals surface area (Å²) in [5.41, 5.74) is 5.56. The molecule has 7 heteroatoms. The number of hydrogen-bond acceptors (Lipinski definition) is 5. The van der Waals surface area contributed by atoms with Gasteiger partial charge in [0.05, 0.1) is 23.5 Å². The zero-order chi connectivity index (χ0) is 15.8. The number of rotatable bonds is 3. The van der Waals surface area contributed by atoms with E-state index in [0.717, 1.165) is 0 Å². The molecular formula is C14H20BFN2O3. The first kappa shape index (κ1) is 15.9. The Morgan fingerprint density at radius 2 is 1.95 bits per heavy atom. The van der Waals surface area contributed by atoms with Gasteiger partial charge in [-0.1, -0.05) is 6.08 Å². The smallest absolute Gasteiger partial charge is 0.400 e. The van der Waals surface area contributed by atoms with E-state index in [1.165, 1.54) is 12.3 Å². The average Bonchev–Trinajstić information content (AvgIpc) is 2.59. The molecule has 1 saturated heterocycles. The summed E-state index contributed by atoms with van der Waals surface area (Å²) >= 11 is 0. The van der Waals surface area contributed by atoms with Crippen LogP contribution in [-0.4, -0.2) is 35.0 Å². The minimum Gasteiger partial charge on any atom is -0.400 e. The molecule has 0 unspecified atom stereocenters. The predicted octanol–water partition coefficient (Wildman–Crippen LogP) is 1.81. The maximum Gasteiger partial charge on any atom is 0.492 e. The van der Waals surface area contributed by atoms with E-state index in [4.69, 9.17) is 15.0 Å². The van der Waals surface area contributed by atoms with Gasteiger partial charge in [0.15, 0.2) is 0 Å². The number of hydrogen-bond donors (Lipinski definition) is 2. The first-order valence-electron chi connectivity index (χ1n) is 6.74. The molecule has 0 aromatic carbocycles. The van der Waals surface area contributed by atoms with Gasteiger partial charge in [-0.3, -0.25) is 0 Å². The number of halogens is 1. The lowest BCUT2D eigenvalue weighted by Crippen LogP contribution is -2.41.